The van der Waals surface area contributed by atoms with Crippen molar-refractivity contribution in [2.75, 3.05) is 40.0 Å². The number of hydrogen-bond acceptors (Lipinski definition) is 4. The first-order chi connectivity index (χ1) is 6.20. The monoisotopic (exact) mass is 191 g/mol. The van der Waals surface area contributed by atoms with Crippen LogP contribution in [0.1, 0.15) is 13.3 Å². The Morgan fingerprint density at radius 1 is 1.31 bits per heavy atom. The van der Waals surface area contributed by atoms with Crippen LogP contribution in [0.3, 0.4) is 0 Å². The van der Waals surface area contributed by atoms with E-state index < -0.39 is 0 Å². The van der Waals surface area contributed by atoms with E-state index in [2.05, 4.69) is 4.90 Å². The summed E-state index contributed by atoms with van der Waals surface area (Å²) in [6, 6.07) is 0. The van der Waals surface area contributed by atoms with Crippen LogP contribution in [0.2, 0.25) is 0 Å². The smallest absolute Gasteiger partial charge is 0.0589 e. The summed E-state index contributed by atoms with van der Waals surface area (Å²) in [6.07, 6.45) is 0.465. The van der Waals surface area contributed by atoms with Crippen molar-refractivity contribution in [3.8, 4) is 0 Å². The van der Waals surface area contributed by atoms with Crippen molar-refractivity contribution in [3.05, 3.63) is 0 Å². The number of nitrogens with zero attached hydrogens (tertiary/aromatic N) is 1. The van der Waals surface area contributed by atoms with Crippen molar-refractivity contribution < 1.29 is 14.9 Å². The van der Waals surface area contributed by atoms with Gasteiger partial charge in [0.15, 0.2) is 0 Å². The Labute approximate surface area is 80.1 Å². The first-order valence-corrected chi connectivity index (χ1v) is 4.71. The lowest BCUT2D eigenvalue weighted by molar-refractivity contribution is 0.111. The molecular formula is C9H21NO3. The predicted octanol–water partition coefficient (Wildman–Crippen LogP) is -0.302. The SMILES string of the molecule is COCCN(CCO)CCC(C)O. The van der Waals surface area contributed by atoms with E-state index in [0.717, 1.165) is 19.5 Å². The Bertz CT molecular complexity index is 109. The zero-order valence-electron chi connectivity index (χ0n) is 8.57. The largest absolute Gasteiger partial charge is 0.395 e. The van der Waals surface area contributed by atoms with Gasteiger partial charge in [-0.25, -0.2) is 0 Å². The second-order valence-electron chi connectivity index (χ2n) is 3.20. The van der Waals surface area contributed by atoms with E-state index in [0.29, 0.717) is 13.2 Å². The van der Waals surface area contributed by atoms with Gasteiger partial charge in [-0.1, -0.05) is 0 Å². The minimum absolute atomic E-state index is 0.156. The molecule has 0 aromatic heterocycles. The molecule has 0 aromatic carbocycles. The summed E-state index contributed by atoms with van der Waals surface area (Å²) in [4.78, 5) is 2.08. The maximum atomic E-state index is 9.07. The molecule has 0 aromatic rings. The van der Waals surface area contributed by atoms with Crippen LogP contribution in [-0.2, 0) is 4.74 Å². The van der Waals surface area contributed by atoms with E-state index >= 15 is 0 Å². The summed E-state index contributed by atoms with van der Waals surface area (Å²) in [5.41, 5.74) is 0. The second-order valence-corrected chi connectivity index (χ2v) is 3.20. The number of aliphatic hydroxyl groups is 2. The summed E-state index contributed by atoms with van der Waals surface area (Å²) in [5, 5.41) is 17.8. The Kier molecular flexibility index (Phi) is 8.33. The van der Waals surface area contributed by atoms with Crippen LogP contribution < -0.4 is 0 Å². The van der Waals surface area contributed by atoms with Crippen molar-refractivity contribution in [3.63, 3.8) is 0 Å². The Morgan fingerprint density at radius 3 is 2.46 bits per heavy atom. The molecule has 0 radical (unpaired) electrons. The third-order valence-electron chi connectivity index (χ3n) is 1.89. The van der Waals surface area contributed by atoms with Gasteiger partial charge in [0.2, 0.25) is 0 Å². The maximum absolute atomic E-state index is 9.07. The summed E-state index contributed by atoms with van der Waals surface area (Å²) in [7, 11) is 1.66. The quantitative estimate of drug-likeness (QED) is 0.553. The van der Waals surface area contributed by atoms with Crippen LogP contribution in [-0.4, -0.2) is 61.2 Å². The van der Waals surface area contributed by atoms with Gasteiger partial charge in [0, 0.05) is 26.7 Å². The Hall–Kier alpha value is -0.160. The molecule has 0 saturated carbocycles. The van der Waals surface area contributed by atoms with Crippen molar-refractivity contribution in [1.29, 1.82) is 0 Å². The number of ether oxygens (including phenoxy) is 1. The fourth-order valence-electron chi connectivity index (χ4n) is 1.07. The average Bonchev–Trinajstić information content (AvgIpc) is 2.09. The molecule has 4 nitrogen and oxygen atoms in total. The average molecular weight is 191 g/mol. The van der Waals surface area contributed by atoms with E-state index in [9.17, 15) is 0 Å². The van der Waals surface area contributed by atoms with Crippen molar-refractivity contribution in [2.24, 2.45) is 0 Å². The predicted molar refractivity (Wildman–Crippen MR) is 51.7 cm³/mol. The molecule has 0 fully saturated rings. The molecule has 0 aliphatic heterocycles. The van der Waals surface area contributed by atoms with Crippen molar-refractivity contribution >= 4 is 0 Å². The number of methoxy groups -OCH3 is 1. The molecule has 0 amide bonds. The van der Waals surface area contributed by atoms with E-state index in [4.69, 9.17) is 14.9 Å². The third kappa shape index (κ3) is 8.18. The molecule has 4 heteroatoms. The normalized spacial score (nSPS) is 13.6. The molecule has 0 bridgehead atoms. The van der Waals surface area contributed by atoms with Crippen LogP contribution in [0, 0.1) is 0 Å². The summed E-state index contributed by atoms with van der Waals surface area (Å²) in [5.74, 6) is 0. The fourth-order valence-corrected chi connectivity index (χ4v) is 1.07. The van der Waals surface area contributed by atoms with Gasteiger partial charge in [-0.05, 0) is 13.3 Å². The third-order valence-corrected chi connectivity index (χ3v) is 1.89. The standard InChI is InChI=1S/C9H21NO3/c1-9(12)3-4-10(5-7-11)6-8-13-2/h9,11-12H,3-8H2,1-2H3. The zero-order chi connectivity index (χ0) is 10.1. The fraction of sp³-hybridized carbons (Fsp3) is 1.00. The number of hydrogen-bond donors (Lipinski definition) is 2. The molecule has 0 saturated heterocycles. The molecule has 2 N–H and O–H groups in total. The number of rotatable bonds is 8. The molecule has 80 valence electrons. The number of aliphatic hydroxyl groups excluding tert-OH is 2. The first-order valence-electron chi connectivity index (χ1n) is 4.71. The summed E-state index contributed by atoms with van der Waals surface area (Å²) < 4.78 is 4.94. The lowest BCUT2D eigenvalue weighted by Crippen LogP contribution is -2.32. The molecule has 0 aliphatic rings. The summed E-state index contributed by atoms with van der Waals surface area (Å²) in [6.45, 7) is 4.86. The second kappa shape index (κ2) is 8.44. The highest BCUT2D eigenvalue weighted by Crippen LogP contribution is 1.95. The molecule has 13 heavy (non-hydrogen) atoms. The van der Waals surface area contributed by atoms with Gasteiger partial charge in [0.1, 0.15) is 0 Å². The van der Waals surface area contributed by atoms with Crippen LogP contribution in [0.25, 0.3) is 0 Å². The molecule has 0 heterocycles. The molecule has 0 spiro atoms. The highest BCUT2D eigenvalue weighted by molar-refractivity contribution is 4.59. The van der Waals surface area contributed by atoms with Gasteiger partial charge < -0.3 is 14.9 Å². The van der Waals surface area contributed by atoms with Crippen LogP contribution in [0.5, 0.6) is 0 Å². The minimum Gasteiger partial charge on any atom is -0.395 e. The Morgan fingerprint density at radius 2 is 2.00 bits per heavy atom. The highest BCUT2D eigenvalue weighted by Gasteiger charge is 2.05. The first kappa shape index (κ1) is 12.8. The molecule has 0 rings (SSSR count). The van der Waals surface area contributed by atoms with E-state index in [-0.39, 0.29) is 12.7 Å². The topological polar surface area (TPSA) is 52.9 Å². The van der Waals surface area contributed by atoms with Crippen molar-refractivity contribution in [2.45, 2.75) is 19.4 Å². The lowest BCUT2D eigenvalue weighted by Gasteiger charge is -2.21. The molecule has 0 aliphatic carbocycles. The van der Waals surface area contributed by atoms with Crippen LogP contribution in [0.15, 0.2) is 0 Å². The highest BCUT2D eigenvalue weighted by atomic mass is 16.5. The van der Waals surface area contributed by atoms with E-state index in [1.807, 2.05) is 0 Å². The van der Waals surface area contributed by atoms with Crippen LogP contribution >= 0.6 is 0 Å². The lowest BCUT2D eigenvalue weighted by atomic mass is 10.2. The summed E-state index contributed by atoms with van der Waals surface area (Å²) >= 11 is 0. The molecule has 1 unspecified atom stereocenters. The van der Waals surface area contributed by atoms with Crippen LogP contribution in [0.4, 0.5) is 0 Å². The molecule has 1 atom stereocenters. The van der Waals surface area contributed by atoms with Crippen molar-refractivity contribution in [1.82, 2.24) is 4.90 Å². The zero-order valence-corrected chi connectivity index (χ0v) is 8.57. The van der Waals surface area contributed by atoms with Gasteiger partial charge in [-0.15, -0.1) is 0 Å². The molecular weight excluding hydrogens is 170 g/mol. The van der Waals surface area contributed by atoms with E-state index in [1.54, 1.807) is 14.0 Å². The van der Waals surface area contributed by atoms with Gasteiger partial charge in [0.05, 0.1) is 19.3 Å². The Balaban J connectivity index is 3.53. The van der Waals surface area contributed by atoms with Gasteiger partial charge in [-0.3, -0.25) is 4.90 Å². The van der Waals surface area contributed by atoms with Gasteiger partial charge in [-0.2, -0.15) is 0 Å². The van der Waals surface area contributed by atoms with Gasteiger partial charge >= 0.3 is 0 Å². The van der Waals surface area contributed by atoms with E-state index in [1.165, 1.54) is 0 Å². The minimum atomic E-state index is -0.274. The maximum Gasteiger partial charge on any atom is 0.0589 e. The van der Waals surface area contributed by atoms with Gasteiger partial charge in [0.25, 0.3) is 0 Å².